The number of urea groups is 1. The second-order valence-corrected chi connectivity index (χ2v) is 5.20. The van der Waals surface area contributed by atoms with Gasteiger partial charge >= 0.3 is 12.0 Å². The summed E-state index contributed by atoms with van der Waals surface area (Å²) in [6.45, 7) is 5.01. The van der Waals surface area contributed by atoms with Gasteiger partial charge in [0, 0.05) is 13.1 Å². The van der Waals surface area contributed by atoms with Crippen LogP contribution in [0.3, 0.4) is 0 Å². The molecule has 0 heterocycles. The van der Waals surface area contributed by atoms with E-state index in [1.54, 1.807) is 36.1 Å². The average Bonchev–Trinajstić information content (AvgIpc) is 2.61. The molecule has 0 saturated carbocycles. The van der Waals surface area contributed by atoms with Crippen molar-refractivity contribution in [1.82, 2.24) is 4.90 Å². The first-order valence-corrected chi connectivity index (χ1v) is 8.01. The SMILES string of the molecule is CCOC(=O)c1ccccc1NC(=O)N(CC)Cc1ccccc1. The molecule has 0 aliphatic carbocycles. The second kappa shape index (κ2) is 8.72. The van der Waals surface area contributed by atoms with E-state index in [-0.39, 0.29) is 12.6 Å². The number of hydrogen-bond acceptors (Lipinski definition) is 3. The molecule has 2 amide bonds. The summed E-state index contributed by atoms with van der Waals surface area (Å²) < 4.78 is 5.03. The van der Waals surface area contributed by atoms with Crippen molar-refractivity contribution in [2.45, 2.75) is 20.4 Å². The summed E-state index contributed by atoms with van der Waals surface area (Å²) in [4.78, 5) is 26.2. The first-order valence-electron chi connectivity index (χ1n) is 8.01. The second-order valence-electron chi connectivity index (χ2n) is 5.20. The Balaban J connectivity index is 2.12. The molecule has 0 bridgehead atoms. The summed E-state index contributed by atoms with van der Waals surface area (Å²) in [6.07, 6.45) is 0. The van der Waals surface area contributed by atoms with Crippen molar-refractivity contribution in [1.29, 1.82) is 0 Å². The Labute approximate surface area is 142 Å². The van der Waals surface area contributed by atoms with Crippen LogP contribution in [0.25, 0.3) is 0 Å². The van der Waals surface area contributed by atoms with Crippen LogP contribution in [0.1, 0.15) is 29.8 Å². The fraction of sp³-hybridized carbons (Fsp3) is 0.263. The fourth-order valence-electron chi connectivity index (χ4n) is 2.30. The van der Waals surface area contributed by atoms with E-state index in [4.69, 9.17) is 4.74 Å². The van der Waals surface area contributed by atoms with Gasteiger partial charge in [-0.2, -0.15) is 0 Å². The molecule has 1 N–H and O–H groups in total. The van der Waals surface area contributed by atoms with Crippen molar-refractivity contribution < 1.29 is 14.3 Å². The largest absolute Gasteiger partial charge is 0.462 e. The van der Waals surface area contributed by atoms with Gasteiger partial charge in [-0.05, 0) is 31.5 Å². The normalized spacial score (nSPS) is 10.1. The topological polar surface area (TPSA) is 58.6 Å². The van der Waals surface area contributed by atoms with E-state index in [0.717, 1.165) is 5.56 Å². The minimum Gasteiger partial charge on any atom is -0.462 e. The standard InChI is InChI=1S/C19H22N2O3/c1-3-21(14-15-10-6-5-7-11-15)19(23)20-17-13-9-8-12-16(17)18(22)24-4-2/h5-13H,3-4,14H2,1-2H3,(H,20,23). The molecule has 126 valence electrons. The lowest BCUT2D eigenvalue weighted by atomic mass is 10.2. The Bertz CT molecular complexity index is 686. The Kier molecular flexibility index (Phi) is 6.37. The van der Waals surface area contributed by atoms with Crippen LogP contribution in [-0.2, 0) is 11.3 Å². The number of benzene rings is 2. The van der Waals surface area contributed by atoms with Crippen LogP contribution < -0.4 is 5.32 Å². The van der Waals surface area contributed by atoms with E-state index in [0.29, 0.717) is 24.3 Å². The molecule has 0 aromatic heterocycles. The van der Waals surface area contributed by atoms with E-state index < -0.39 is 5.97 Å². The van der Waals surface area contributed by atoms with Gasteiger partial charge < -0.3 is 15.0 Å². The Morgan fingerprint density at radius 3 is 2.33 bits per heavy atom. The highest BCUT2D eigenvalue weighted by Crippen LogP contribution is 2.17. The maximum absolute atomic E-state index is 12.5. The van der Waals surface area contributed by atoms with Crippen LogP contribution in [0.5, 0.6) is 0 Å². The number of rotatable bonds is 6. The number of hydrogen-bond donors (Lipinski definition) is 1. The van der Waals surface area contributed by atoms with Gasteiger partial charge in [0.25, 0.3) is 0 Å². The van der Waals surface area contributed by atoms with E-state index in [1.807, 2.05) is 37.3 Å². The molecule has 0 atom stereocenters. The number of ether oxygens (including phenoxy) is 1. The lowest BCUT2D eigenvalue weighted by Crippen LogP contribution is -2.34. The molecule has 2 aromatic rings. The van der Waals surface area contributed by atoms with Crippen LogP contribution in [-0.4, -0.2) is 30.1 Å². The summed E-state index contributed by atoms with van der Waals surface area (Å²) in [5.74, 6) is -0.445. The van der Waals surface area contributed by atoms with E-state index in [9.17, 15) is 9.59 Å². The van der Waals surface area contributed by atoms with E-state index in [1.165, 1.54) is 0 Å². The third-order valence-corrected chi connectivity index (χ3v) is 3.55. The summed E-state index contributed by atoms with van der Waals surface area (Å²) in [5, 5.41) is 2.81. The van der Waals surface area contributed by atoms with Crippen LogP contribution in [0, 0.1) is 0 Å². The molecule has 2 rings (SSSR count). The maximum atomic E-state index is 12.5. The highest BCUT2D eigenvalue weighted by atomic mass is 16.5. The number of anilines is 1. The van der Waals surface area contributed by atoms with Crippen molar-refractivity contribution >= 4 is 17.7 Å². The molecule has 24 heavy (non-hydrogen) atoms. The number of amides is 2. The van der Waals surface area contributed by atoms with Gasteiger partial charge in [0.05, 0.1) is 17.9 Å². The zero-order valence-corrected chi connectivity index (χ0v) is 14.0. The maximum Gasteiger partial charge on any atom is 0.340 e. The van der Waals surface area contributed by atoms with Gasteiger partial charge in [-0.25, -0.2) is 9.59 Å². The first kappa shape index (κ1) is 17.5. The minimum absolute atomic E-state index is 0.252. The number of esters is 1. The predicted molar refractivity (Wildman–Crippen MR) is 93.9 cm³/mol. The smallest absolute Gasteiger partial charge is 0.340 e. The lowest BCUT2D eigenvalue weighted by Gasteiger charge is -2.22. The number of carbonyl (C=O) groups is 2. The predicted octanol–water partition coefficient (Wildman–Crippen LogP) is 3.92. The minimum atomic E-state index is -0.445. The molecule has 0 saturated heterocycles. The van der Waals surface area contributed by atoms with Crippen LogP contribution in [0.2, 0.25) is 0 Å². The molecule has 5 heteroatoms. The van der Waals surface area contributed by atoms with Gasteiger partial charge in [-0.3, -0.25) is 0 Å². The molecule has 5 nitrogen and oxygen atoms in total. The van der Waals surface area contributed by atoms with Gasteiger partial charge in [-0.1, -0.05) is 42.5 Å². The van der Waals surface area contributed by atoms with Crippen LogP contribution >= 0.6 is 0 Å². The molecule has 0 aliphatic rings. The van der Waals surface area contributed by atoms with Gasteiger partial charge in [0.15, 0.2) is 0 Å². The molecule has 0 radical (unpaired) electrons. The Morgan fingerprint density at radius 1 is 1.00 bits per heavy atom. The summed E-state index contributed by atoms with van der Waals surface area (Å²) in [6, 6.07) is 16.4. The number of nitrogens with zero attached hydrogens (tertiary/aromatic N) is 1. The van der Waals surface area contributed by atoms with Crippen molar-refractivity contribution in [2.75, 3.05) is 18.5 Å². The number of para-hydroxylation sites is 1. The monoisotopic (exact) mass is 326 g/mol. The Hall–Kier alpha value is -2.82. The average molecular weight is 326 g/mol. The fourth-order valence-corrected chi connectivity index (χ4v) is 2.30. The van der Waals surface area contributed by atoms with Gasteiger partial charge in [0.1, 0.15) is 0 Å². The third-order valence-electron chi connectivity index (χ3n) is 3.55. The van der Waals surface area contributed by atoms with Crippen molar-refractivity contribution in [3.05, 3.63) is 65.7 Å². The van der Waals surface area contributed by atoms with Crippen molar-refractivity contribution in [3.63, 3.8) is 0 Å². The lowest BCUT2D eigenvalue weighted by molar-refractivity contribution is 0.0527. The van der Waals surface area contributed by atoms with E-state index in [2.05, 4.69) is 5.32 Å². The summed E-state index contributed by atoms with van der Waals surface area (Å²) in [5.41, 5.74) is 1.85. The molecular weight excluding hydrogens is 304 g/mol. The molecule has 0 aliphatic heterocycles. The first-order chi connectivity index (χ1) is 11.7. The molecule has 0 fully saturated rings. The zero-order chi connectivity index (χ0) is 17.4. The van der Waals surface area contributed by atoms with Gasteiger partial charge in [0.2, 0.25) is 0 Å². The highest BCUT2D eigenvalue weighted by Gasteiger charge is 2.17. The molecule has 0 unspecified atom stereocenters. The van der Waals surface area contributed by atoms with Crippen LogP contribution in [0.4, 0.5) is 10.5 Å². The highest BCUT2D eigenvalue weighted by molar-refractivity contribution is 6.00. The zero-order valence-electron chi connectivity index (χ0n) is 14.0. The van der Waals surface area contributed by atoms with Crippen LogP contribution in [0.15, 0.2) is 54.6 Å². The number of carbonyl (C=O) groups excluding carboxylic acids is 2. The molecular formula is C19H22N2O3. The molecule has 2 aromatic carbocycles. The van der Waals surface area contributed by atoms with Crippen molar-refractivity contribution in [2.24, 2.45) is 0 Å². The molecule has 0 spiro atoms. The Morgan fingerprint density at radius 2 is 1.67 bits per heavy atom. The summed E-state index contributed by atoms with van der Waals surface area (Å²) >= 11 is 0. The summed E-state index contributed by atoms with van der Waals surface area (Å²) in [7, 11) is 0. The quantitative estimate of drug-likeness (QED) is 0.819. The third kappa shape index (κ3) is 4.59. The van der Waals surface area contributed by atoms with E-state index >= 15 is 0 Å². The number of nitrogens with one attached hydrogen (secondary N) is 1. The van der Waals surface area contributed by atoms with Crippen molar-refractivity contribution in [3.8, 4) is 0 Å². The van der Waals surface area contributed by atoms with Gasteiger partial charge in [-0.15, -0.1) is 0 Å².